The van der Waals surface area contributed by atoms with Crippen LogP contribution in [0.25, 0.3) is 20.2 Å². The van der Waals surface area contributed by atoms with E-state index < -0.39 is 0 Å². The number of hydrogen-bond donors (Lipinski definition) is 0. The Balaban J connectivity index is 2.33. The Bertz CT molecular complexity index is 732. The molecule has 0 N–H and O–H groups in total. The van der Waals surface area contributed by atoms with Crippen molar-refractivity contribution in [3.05, 3.63) is 46.4 Å². The molecule has 1 aromatic heterocycles. The first kappa shape index (κ1) is 12.2. The number of rotatable bonds is 0. The van der Waals surface area contributed by atoms with Gasteiger partial charge in [-0.2, -0.15) is 0 Å². The molecule has 0 radical (unpaired) electrons. The third-order valence-corrected chi connectivity index (χ3v) is 4.91. The normalized spacial score (nSPS) is 12.4. The van der Waals surface area contributed by atoms with E-state index in [1.54, 1.807) is 0 Å². The maximum atomic E-state index is 3.54. The van der Waals surface area contributed by atoms with Crippen molar-refractivity contribution in [2.24, 2.45) is 0 Å². The first-order valence-corrected chi connectivity index (χ1v) is 7.68. The fourth-order valence-corrected chi connectivity index (χ4v) is 3.91. The fraction of sp³-hybridized carbons (Fsp3) is 0.250. The lowest BCUT2D eigenvalue weighted by Gasteiger charge is -2.18. The monoisotopic (exact) mass is 318 g/mol. The predicted molar refractivity (Wildman–Crippen MR) is 85.7 cm³/mol. The van der Waals surface area contributed by atoms with Gasteiger partial charge in [-0.1, -0.05) is 54.9 Å². The minimum Gasteiger partial charge on any atom is -0.135 e. The van der Waals surface area contributed by atoms with E-state index in [0.29, 0.717) is 0 Å². The van der Waals surface area contributed by atoms with Gasteiger partial charge in [-0.15, -0.1) is 11.3 Å². The van der Waals surface area contributed by atoms with Crippen molar-refractivity contribution < 1.29 is 0 Å². The molecule has 3 rings (SSSR count). The standard InChI is InChI=1S/C16H15BrS/c1-16(2,3)10-4-6-12-13-7-5-11(17)9-15(13)18-14(12)8-10/h4-9H,1-3H3. The fourth-order valence-electron chi connectivity index (χ4n) is 2.22. The molecule has 0 aliphatic rings. The second-order valence-corrected chi connectivity index (χ2v) is 7.70. The van der Waals surface area contributed by atoms with E-state index in [0.717, 1.165) is 4.47 Å². The molecule has 0 saturated carbocycles. The largest absolute Gasteiger partial charge is 0.135 e. The van der Waals surface area contributed by atoms with Crippen molar-refractivity contribution >= 4 is 47.4 Å². The Kier molecular flexibility index (Phi) is 2.76. The topological polar surface area (TPSA) is 0 Å². The molecular formula is C16H15BrS. The van der Waals surface area contributed by atoms with Gasteiger partial charge in [0.1, 0.15) is 0 Å². The van der Waals surface area contributed by atoms with E-state index in [1.807, 2.05) is 11.3 Å². The molecule has 0 atom stereocenters. The molecule has 0 nitrogen and oxygen atoms in total. The SMILES string of the molecule is CC(C)(C)c1ccc2c(c1)sc1cc(Br)ccc12. The second kappa shape index (κ2) is 4.07. The Hall–Kier alpha value is -0.860. The summed E-state index contributed by atoms with van der Waals surface area (Å²) in [5.41, 5.74) is 1.62. The van der Waals surface area contributed by atoms with Crippen molar-refractivity contribution in [3.8, 4) is 0 Å². The first-order chi connectivity index (χ1) is 8.45. The summed E-state index contributed by atoms with van der Waals surface area (Å²) in [6, 6.07) is 13.4. The van der Waals surface area contributed by atoms with E-state index in [1.165, 1.54) is 25.7 Å². The van der Waals surface area contributed by atoms with Gasteiger partial charge in [0.15, 0.2) is 0 Å². The molecule has 0 unspecified atom stereocenters. The number of halogens is 1. The van der Waals surface area contributed by atoms with Gasteiger partial charge >= 0.3 is 0 Å². The maximum Gasteiger partial charge on any atom is 0.0366 e. The van der Waals surface area contributed by atoms with Gasteiger partial charge in [0, 0.05) is 24.6 Å². The molecule has 0 bridgehead atoms. The van der Waals surface area contributed by atoms with E-state index in [-0.39, 0.29) is 5.41 Å². The molecule has 92 valence electrons. The summed E-state index contributed by atoms with van der Waals surface area (Å²) in [7, 11) is 0. The Morgan fingerprint density at radius 3 is 2.17 bits per heavy atom. The van der Waals surface area contributed by atoms with Gasteiger partial charge in [-0.3, -0.25) is 0 Å². The second-order valence-electron chi connectivity index (χ2n) is 5.70. The highest BCUT2D eigenvalue weighted by molar-refractivity contribution is 9.10. The highest BCUT2D eigenvalue weighted by atomic mass is 79.9. The molecule has 0 fully saturated rings. The molecule has 18 heavy (non-hydrogen) atoms. The van der Waals surface area contributed by atoms with Crippen molar-refractivity contribution in [1.82, 2.24) is 0 Å². The van der Waals surface area contributed by atoms with Gasteiger partial charge in [0.25, 0.3) is 0 Å². The van der Waals surface area contributed by atoms with Crippen LogP contribution in [0.1, 0.15) is 26.3 Å². The van der Waals surface area contributed by atoms with Crippen LogP contribution in [0.3, 0.4) is 0 Å². The Morgan fingerprint density at radius 2 is 1.50 bits per heavy atom. The summed E-state index contributed by atoms with van der Waals surface area (Å²) in [6.07, 6.45) is 0. The van der Waals surface area contributed by atoms with Crippen LogP contribution in [0.2, 0.25) is 0 Å². The average Bonchev–Trinajstić information content (AvgIpc) is 2.63. The van der Waals surface area contributed by atoms with Crippen molar-refractivity contribution in [1.29, 1.82) is 0 Å². The van der Waals surface area contributed by atoms with E-state index in [2.05, 4.69) is 73.1 Å². The number of thiophene rings is 1. The van der Waals surface area contributed by atoms with Gasteiger partial charge in [0.2, 0.25) is 0 Å². The van der Waals surface area contributed by atoms with E-state index in [9.17, 15) is 0 Å². The van der Waals surface area contributed by atoms with E-state index >= 15 is 0 Å². The van der Waals surface area contributed by atoms with Crippen LogP contribution in [-0.2, 0) is 5.41 Å². The Labute approximate surface area is 120 Å². The lowest BCUT2D eigenvalue weighted by molar-refractivity contribution is 0.591. The average molecular weight is 319 g/mol. The van der Waals surface area contributed by atoms with Crippen molar-refractivity contribution in [2.45, 2.75) is 26.2 Å². The summed E-state index contributed by atoms with van der Waals surface area (Å²) >= 11 is 5.42. The molecule has 2 heteroatoms. The van der Waals surface area contributed by atoms with Crippen LogP contribution in [0.15, 0.2) is 40.9 Å². The smallest absolute Gasteiger partial charge is 0.0366 e. The lowest BCUT2D eigenvalue weighted by atomic mass is 9.87. The lowest BCUT2D eigenvalue weighted by Crippen LogP contribution is -2.10. The number of hydrogen-bond acceptors (Lipinski definition) is 1. The zero-order chi connectivity index (χ0) is 12.9. The van der Waals surface area contributed by atoms with Gasteiger partial charge in [-0.05, 0) is 29.2 Å². The molecule has 0 aliphatic heterocycles. The zero-order valence-electron chi connectivity index (χ0n) is 10.8. The maximum absolute atomic E-state index is 3.54. The minimum absolute atomic E-state index is 0.213. The van der Waals surface area contributed by atoms with Crippen LogP contribution in [-0.4, -0.2) is 0 Å². The molecule has 2 aromatic carbocycles. The van der Waals surface area contributed by atoms with Crippen molar-refractivity contribution in [2.75, 3.05) is 0 Å². The molecule has 0 aliphatic carbocycles. The highest BCUT2D eigenvalue weighted by Crippen LogP contribution is 2.37. The minimum atomic E-state index is 0.213. The zero-order valence-corrected chi connectivity index (χ0v) is 13.2. The van der Waals surface area contributed by atoms with Crippen LogP contribution in [0.4, 0.5) is 0 Å². The Morgan fingerprint density at radius 1 is 0.889 bits per heavy atom. The van der Waals surface area contributed by atoms with Crippen molar-refractivity contribution in [3.63, 3.8) is 0 Å². The number of benzene rings is 2. The van der Waals surface area contributed by atoms with Gasteiger partial charge < -0.3 is 0 Å². The van der Waals surface area contributed by atoms with Crippen LogP contribution < -0.4 is 0 Å². The third kappa shape index (κ3) is 1.98. The van der Waals surface area contributed by atoms with E-state index in [4.69, 9.17) is 0 Å². The molecule has 1 heterocycles. The van der Waals surface area contributed by atoms with Crippen LogP contribution >= 0.6 is 27.3 Å². The quantitative estimate of drug-likeness (QED) is 0.468. The molecule has 0 amide bonds. The summed E-state index contributed by atoms with van der Waals surface area (Å²) in [5, 5.41) is 2.73. The molecule has 0 saturated heterocycles. The summed E-state index contributed by atoms with van der Waals surface area (Å²) in [5.74, 6) is 0. The predicted octanol–water partition coefficient (Wildman–Crippen LogP) is 6.11. The molecule has 0 spiro atoms. The van der Waals surface area contributed by atoms with Gasteiger partial charge in [-0.25, -0.2) is 0 Å². The third-order valence-electron chi connectivity index (χ3n) is 3.30. The van der Waals surface area contributed by atoms with Crippen LogP contribution in [0, 0.1) is 0 Å². The van der Waals surface area contributed by atoms with Gasteiger partial charge in [0.05, 0.1) is 0 Å². The summed E-state index contributed by atoms with van der Waals surface area (Å²) < 4.78 is 3.89. The molecule has 3 aromatic rings. The van der Waals surface area contributed by atoms with Crippen LogP contribution in [0.5, 0.6) is 0 Å². The highest BCUT2D eigenvalue weighted by Gasteiger charge is 2.15. The summed E-state index contributed by atoms with van der Waals surface area (Å²) in [4.78, 5) is 0. The summed E-state index contributed by atoms with van der Waals surface area (Å²) in [6.45, 7) is 6.79. The number of fused-ring (bicyclic) bond motifs is 3. The molecular weight excluding hydrogens is 304 g/mol. The first-order valence-electron chi connectivity index (χ1n) is 6.07.